The third kappa shape index (κ3) is 5.11. The minimum Gasteiger partial charge on any atom is -0.342 e. The Labute approximate surface area is 164 Å². The lowest BCUT2D eigenvalue weighted by Gasteiger charge is -2.39. The predicted octanol–water partition coefficient (Wildman–Crippen LogP) is 2.89. The van der Waals surface area contributed by atoms with Crippen LogP contribution in [0.2, 0.25) is 0 Å². The third-order valence-electron chi connectivity index (χ3n) is 6.65. The zero-order valence-corrected chi connectivity index (χ0v) is 16.7. The Balaban J connectivity index is 1.38. The van der Waals surface area contributed by atoms with Crippen molar-refractivity contribution in [3.63, 3.8) is 0 Å². The fourth-order valence-corrected chi connectivity index (χ4v) is 5.25. The van der Waals surface area contributed by atoms with Crippen molar-refractivity contribution in [1.29, 1.82) is 0 Å². The summed E-state index contributed by atoms with van der Waals surface area (Å²) in [5.74, 6) is 1.28. The zero-order chi connectivity index (χ0) is 18.5. The number of amides is 1. The van der Waals surface area contributed by atoms with Crippen LogP contribution in [0.5, 0.6) is 0 Å². The van der Waals surface area contributed by atoms with Crippen LogP contribution in [0.15, 0.2) is 30.3 Å². The van der Waals surface area contributed by atoms with E-state index in [1.807, 2.05) is 0 Å². The molecule has 3 aliphatic rings. The summed E-state index contributed by atoms with van der Waals surface area (Å²) in [7, 11) is 0. The lowest BCUT2D eigenvalue weighted by Crippen LogP contribution is -2.49. The lowest BCUT2D eigenvalue weighted by molar-refractivity contribution is -0.137. The van der Waals surface area contributed by atoms with Gasteiger partial charge in [0.05, 0.1) is 5.92 Å². The van der Waals surface area contributed by atoms with Gasteiger partial charge in [0.1, 0.15) is 0 Å². The molecule has 0 saturated carbocycles. The molecular weight excluding hydrogens is 334 g/mol. The van der Waals surface area contributed by atoms with Crippen molar-refractivity contribution in [2.24, 2.45) is 11.8 Å². The second-order valence-corrected chi connectivity index (χ2v) is 8.83. The highest BCUT2D eigenvalue weighted by molar-refractivity contribution is 5.79. The Morgan fingerprint density at radius 2 is 1.59 bits per heavy atom. The minimum absolute atomic E-state index is 0.209. The van der Waals surface area contributed by atoms with Gasteiger partial charge in [0.25, 0.3) is 0 Å². The fraction of sp³-hybridized carbons (Fsp3) is 0.696. The summed E-state index contributed by atoms with van der Waals surface area (Å²) in [4.78, 5) is 20.4. The Hall–Kier alpha value is -1.39. The fourth-order valence-electron chi connectivity index (χ4n) is 5.25. The maximum Gasteiger partial charge on any atom is 0.226 e. The van der Waals surface area contributed by atoms with Gasteiger partial charge in [-0.25, -0.2) is 0 Å². The molecule has 0 radical (unpaired) electrons. The first kappa shape index (κ1) is 18.9. The second kappa shape index (κ2) is 9.20. The largest absolute Gasteiger partial charge is 0.342 e. The number of carbonyl (C=O) groups excluding carboxylic acids is 1. The highest BCUT2D eigenvalue weighted by Gasteiger charge is 2.35. The van der Waals surface area contributed by atoms with E-state index >= 15 is 0 Å². The van der Waals surface area contributed by atoms with Crippen molar-refractivity contribution in [3.8, 4) is 0 Å². The number of benzene rings is 1. The molecule has 1 amide bonds. The van der Waals surface area contributed by atoms with Crippen molar-refractivity contribution in [1.82, 2.24) is 14.7 Å². The van der Waals surface area contributed by atoms with Gasteiger partial charge in [0.2, 0.25) is 5.91 Å². The molecule has 1 aromatic carbocycles. The number of carbonyl (C=O) groups is 1. The molecule has 0 aromatic heterocycles. The van der Waals surface area contributed by atoms with Gasteiger partial charge in [0.15, 0.2) is 0 Å². The third-order valence-corrected chi connectivity index (χ3v) is 6.65. The van der Waals surface area contributed by atoms with E-state index in [4.69, 9.17) is 0 Å². The van der Waals surface area contributed by atoms with E-state index in [9.17, 15) is 4.79 Å². The van der Waals surface area contributed by atoms with Crippen LogP contribution < -0.4 is 0 Å². The van der Waals surface area contributed by atoms with E-state index < -0.39 is 0 Å². The van der Waals surface area contributed by atoms with Crippen molar-refractivity contribution in [2.45, 2.75) is 38.5 Å². The van der Waals surface area contributed by atoms with Crippen LogP contribution in [0.4, 0.5) is 0 Å². The molecule has 3 saturated heterocycles. The maximum absolute atomic E-state index is 13.1. The van der Waals surface area contributed by atoms with Gasteiger partial charge < -0.3 is 14.7 Å². The number of hydrogen-bond acceptors (Lipinski definition) is 3. The molecule has 4 heteroatoms. The number of hydrogen-bond donors (Lipinski definition) is 0. The van der Waals surface area contributed by atoms with Crippen LogP contribution in [-0.4, -0.2) is 73.0 Å². The SMILES string of the molecule is O=C([C@@H]1C[C@H](CN2CCCC2)CN(CCc2ccccc2)C1)N1CCCC1. The summed E-state index contributed by atoms with van der Waals surface area (Å²) in [6.07, 6.45) is 7.25. The highest BCUT2D eigenvalue weighted by atomic mass is 16.2. The Morgan fingerprint density at radius 3 is 2.33 bits per heavy atom. The average Bonchev–Trinajstić information content (AvgIpc) is 3.41. The first-order valence-corrected chi connectivity index (χ1v) is 11.1. The first-order chi connectivity index (χ1) is 13.3. The normalized spacial score (nSPS) is 27.3. The van der Waals surface area contributed by atoms with Crippen molar-refractivity contribution < 1.29 is 4.79 Å². The minimum atomic E-state index is 0.209. The summed E-state index contributed by atoms with van der Waals surface area (Å²) < 4.78 is 0. The molecule has 3 fully saturated rings. The summed E-state index contributed by atoms with van der Waals surface area (Å²) in [5, 5.41) is 0. The quantitative estimate of drug-likeness (QED) is 0.771. The number of likely N-dealkylation sites (tertiary alicyclic amines) is 3. The second-order valence-electron chi connectivity index (χ2n) is 8.83. The average molecular weight is 370 g/mol. The molecule has 1 aromatic rings. The van der Waals surface area contributed by atoms with E-state index in [0.29, 0.717) is 11.8 Å². The van der Waals surface area contributed by atoms with Crippen molar-refractivity contribution >= 4 is 5.91 Å². The van der Waals surface area contributed by atoms with Crippen molar-refractivity contribution in [2.75, 3.05) is 52.4 Å². The van der Waals surface area contributed by atoms with Gasteiger partial charge in [-0.05, 0) is 63.1 Å². The molecule has 4 rings (SSSR count). The molecule has 0 N–H and O–H groups in total. The molecule has 0 unspecified atom stereocenters. The number of rotatable bonds is 6. The van der Waals surface area contributed by atoms with Gasteiger partial charge in [-0.1, -0.05) is 30.3 Å². The number of nitrogens with zero attached hydrogens (tertiary/aromatic N) is 3. The van der Waals surface area contributed by atoms with Crippen LogP contribution in [0, 0.1) is 11.8 Å². The van der Waals surface area contributed by atoms with E-state index in [2.05, 4.69) is 45.0 Å². The van der Waals surface area contributed by atoms with Crippen LogP contribution >= 0.6 is 0 Å². The number of piperidine rings is 1. The maximum atomic E-state index is 13.1. The molecule has 0 aliphatic carbocycles. The Morgan fingerprint density at radius 1 is 0.889 bits per heavy atom. The van der Waals surface area contributed by atoms with Gasteiger partial charge in [-0.3, -0.25) is 4.79 Å². The molecule has 4 nitrogen and oxygen atoms in total. The van der Waals surface area contributed by atoms with E-state index in [0.717, 1.165) is 45.6 Å². The van der Waals surface area contributed by atoms with Crippen LogP contribution in [0.1, 0.15) is 37.7 Å². The topological polar surface area (TPSA) is 26.8 Å². The standard InChI is InChI=1S/C23H35N3O/c27-23(26-13-6-7-14-26)22-16-21(17-24-11-4-5-12-24)18-25(19-22)15-10-20-8-2-1-3-9-20/h1-3,8-9,21-22H,4-7,10-19H2/t21-,22-/m1/s1. The highest BCUT2D eigenvalue weighted by Crippen LogP contribution is 2.27. The summed E-state index contributed by atoms with van der Waals surface area (Å²) in [6.45, 7) is 8.85. The molecule has 27 heavy (non-hydrogen) atoms. The molecule has 3 heterocycles. The van der Waals surface area contributed by atoms with Gasteiger partial charge in [-0.15, -0.1) is 0 Å². The molecule has 0 bridgehead atoms. The molecular formula is C23H35N3O. The molecule has 0 spiro atoms. The first-order valence-electron chi connectivity index (χ1n) is 11.1. The monoisotopic (exact) mass is 369 g/mol. The van der Waals surface area contributed by atoms with Gasteiger partial charge in [-0.2, -0.15) is 0 Å². The van der Waals surface area contributed by atoms with E-state index in [1.165, 1.54) is 50.9 Å². The molecule has 3 aliphatic heterocycles. The van der Waals surface area contributed by atoms with Gasteiger partial charge >= 0.3 is 0 Å². The van der Waals surface area contributed by atoms with Crippen LogP contribution in [0.25, 0.3) is 0 Å². The summed E-state index contributed by atoms with van der Waals surface area (Å²) in [6, 6.07) is 10.8. The summed E-state index contributed by atoms with van der Waals surface area (Å²) in [5.41, 5.74) is 1.40. The Bertz CT molecular complexity index is 593. The Kier molecular flexibility index (Phi) is 6.46. The lowest BCUT2D eigenvalue weighted by atomic mass is 9.87. The smallest absolute Gasteiger partial charge is 0.226 e. The summed E-state index contributed by atoms with van der Waals surface area (Å²) >= 11 is 0. The van der Waals surface area contributed by atoms with E-state index in [1.54, 1.807) is 0 Å². The van der Waals surface area contributed by atoms with Crippen LogP contribution in [0.3, 0.4) is 0 Å². The molecule has 2 atom stereocenters. The molecule has 148 valence electrons. The van der Waals surface area contributed by atoms with Gasteiger partial charge in [0, 0.05) is 39.3 Å². The predicted molar refractivity (Wildman–Crippen MR) is 110 cm³/mol. The van der Waals surface area contributed by atoms with Crippen LogP contribution in [-0.2, 0) is 11.2 Å². The van der Waals surface area contributed by atoms with Crippen molar-refractivity contribution in [3.05, 3.63) is 35.9 Å². The zero-order valence-electron chi connectivity index (χ0n) is 16.7. The van der Waals surface area contributed by atoms with E-state index in [-0.39, 0.29) is 5.92 Å².